The predicted molar refractivity (Wildman–Crippen MR) is 91.9 cm³/mol. The van der Waals surface area contributed by atoms with Gasteiger partial charge in [-0.15, -0.1) is 0 Å². The highest BCUT2D eigenvalue weighted by molar-refractivity contribution is 5.94. The van der Waals surface area contributed by atoms with Crippen LogP contribution >= 0.6 is 0 Å². The van der Waals surface area contributed by atoms with Crippen molar-refractivity contribution in [1.82, 2.24) is 24.4 Å². The van der Waals surface area contributed by atoms with E-state index in [1.54, 1.807) is 0 Å². The third kappa shape index (κ3) is 2.58. The van der Waals surface area contributed by atoms with E-state index in [1.165, 1.54) is 0 Å². The number of aromatic amines is 1. The number of nitrogens with zero attached hydrogens (tertiary/aromatic N) is 4. The van der Waals surface area contributed by atoms with E-state index in [1.807, 2.05) is 41.6 Å². The number of aryl methyl sites for hydroxylation is 1. The number of carbonyl (C=O) groups is 1. The van der Waals surface area contributed by atoms with Gasteiger partial charge >= 0.3 is 0 Å². The first-order valence-corrected chi connectivity index (χ1v) is 8.51. The largest absolute Gasteiger partial charge is 0.335 e. The van der Waals surface area contributed by atoms with Gasteiger partial charge in [-0.2, -0.15) is 0 Å². The van der Waals surface area contributed by atoms with Crippen molar-refractivity contribution in [2.45, 2.75) is 32.2 Å². The topological polar surface area (TPSA) is 66.8 Å². The molecule has 0 aliphatic carbocycles. The molecule has 6 heteroatoms. The van der Waals surface area contributed by atoms with E-state index in [4.69, 9.17) is 0 Å². The lowest BCUT2D eigenvalue weighted by atomic mass is 9.97. The molecule has 0 spiro atoms. The maximum atomic E-state index is 12.8. The monoisotopic (exact) mass is 323 g/mol. The van der Waals surface area contributed by atoms with Crippen molar-refractivity contribution in [3.8, 4) is 0 Å². The summed E-state index contributed by atoms with van der Waals surface area (Å²) in [7, 11) is 0. The molecule has 1 amide bonds. The minimum Gasteiger partial charge on any atom is -0.335 e. The summed E-state index contributed by atoms with van der Waals surface area (Å²) >= 11 is 0. The van der Waals surface area contributed by atoms with Gasteiger partial charge in [-0.25, -0.2) is 9.97 Å². The Balaban J connectivity index is 1.56. The molecule has 24 heavy (non-hydrogen) atoms. The van der Waals surface area contributed by atoms with Crippen LogP contribution in [0.3, 0.4) is 0 Å². The second-order valence-electron chi connectivity index (χ2n) is 6.26. The van der Waals surface area contributed by atoms with E-state index < -0.39 is 0 Å². The van der Waals surface area contributed by atoms with Crippen molar-refractivity contribution in [3.63, 3.8) is 0 Å². The zero-order chi connectivity index (χ0) is 16.5. The van der Waals surface area contributed by atoms with Crippen LogP contribution < -0.4 is 0 Å². The minimum atomic E-state index is -0.0227. The number of benzene rings is 1. The van der Waals surface area contributed by atoms with Crippen LogP contribution in [-0.4, -0.2) is 43.4 Å². The fraction of sp³-hybridized carbons (Fsp3) is 0.389. The van der Waals surface area contributed by atoms with Gasteiger partial charge in [0.25, 0.3) is 5.91 Å². The molecular weight excluding hydrogens is 302 g/mol. The molecule has 6 nitrogen and oxygen atoms in total. The highest BCUT2D eigenvalue weighted by atomic mass is 16.2. The van der Waals surface area contributed by atoms with Crippen LogP contribution in [0.25, 0.3) is 11.0 Å². The highest BCUT2D eigenvalue weighted by Crippen LogP contribution is 2.26. The zero-order valence-corrected chi connectivity index (χ0v) is 13.8. The number of carbonyl (C=O) groups excluding carboxylic acids is 1. The summed E-state index contributed by atoms with van der Waals surface area (Å²) < 4.78 is 2.17. The lowest BCUT2D eigenvalue weighted by Gasteiger charge is -2.32. The molecule has 3 aromatic rings. The number of H-pyrrole nitrogens is 1. The summed E-state index contributed by atoms with van der Waals surface area (Å²) in [6.07, 6.45) is 5.92. The van der Waals surface area contributed by atoms with E-state index in [2.05, 4.69) is 26.4 Å². The van der Waals surface area contributed by atoms with Crippen molar-refractivity contribution in [1.29, 1.82) is 0 Å². The number of hydrogen-bond acceptors (Lipinski definition) is 3. The Morgan fingerprint density at radius 2 is 2.25 bits per heavy atom. The summed E-state index contributed by atoms with van der Waals surface area (Å²) in [5.41, 5.74) is 1.73. The Bertz CT molecular complexity index is 832. The molecule has 1 unspecified atom stereocenters. The van der Waals surface area contributed by atoms with Gasteiger partial charge in [0, 0.05) is 37.9 Å². The minimum absolute atomic E-state index is 0.0227. The van der Waals surface area contributed by atoms with Crippen molar-refractivity contribution in [3.05, 3.63) is 48.3 Å². The highest BCUT2D eigenvalue weighted by Gasteiger charge is 2.29. The Kier molecular flexibility index (Phi) is 3.80. The molecule has 1 N–H and O–H groups in total. The lowest BCUT2D eigenvalue weighted by molar-refractivity contribution is 0.0692. The van der Waals surface area contributed by atoms with Gasteiger partial charge < -0.3 is 14.5 Å². The van der Waals surface area contributed by atoms with Crippen LogP contribution in [0.1, 0.15) is 42.1 Å². The molecular formula is C18H21N5O. The second-order valence-corrected chi connectivity index (χ2v) is 6.26. The van der Waals surface area contributed by atoms with Gasteiger partial charge in [0.15, 0.2) is 5.82 Å². The Morgan fingerprint density at radius 3 is 3.08 bits per heavy atom. The van der Waals surface area contributed by atoms with Crippen LogP contribution in [0.4, 0.5) is 0 Å². The van der Waals surface area contributed by atoms with Crippen molar-refractivity contribution >= 4 is 16.9 Å². The lowest BCUT2D eigenvalue weighted by Crippen LogP contribution is -2.40. The molecule has 0 saturated carbocycles. The fourth-order valence-corrected chi connectivity index (χ4v) is 3.52. The van der Waals surface area contributed by atoms with E-state index in [0.717, 1.165) is 42.8 Å². The van der Waals surface area contributed by atoms with Gasteiger partial charge in [-0.05, 0) is 31.9 Å². The van der Waals surface area contributed by atoms with Gasteiger partial charge in [0.2, 0.25) is 0 Å². The zero-order valence-electron chi connectivity index (χ0n) is 13.8. The molecule has 1 aliphatic heterocycles. The molecule has 1 fully saturated rings. The molecule has 4 rings (SSSR count). The summed E-state index contributed by atoms with van der Waals surface area (Å²) in [6, 6.07) is 7.73. The number of nitrogens with one attached hydrogen (secondary N) is 1. The number of imidazole rings is 2. The number of rotatable bonds is 3. The number of likely N-dealkylation sites (tertiary alicyclic amines) is 1. The van der Waals surface area contributed by atoms with E-state index in [9.17, 15) is 4.79 Å². The number of piperidine rings is 1. The summed E-state index contributed by atoms with van der Waals surface area (Å²) in [5.74, 6) is 1.78. The molecule has 124 valence electrons. The molecule has 0 bridgehead atoms. The normalized spacial score (nSPS) is 18.2. The maximum Gasteiger partial charge on any atom is 0.289 e. The molecule has 3 heterocycles. The summed E-state index contributed by atoms with van der Waals surface area (Å²) in [5, 5.41) is 0. The Labute approximate surface area is 140 Å². The van der Waals surface area contributed by atoms with Gasteiger partial charge in [-0.1, -0.05) is 12.1 Å². The first-order chi connectivity index (χ1) is 11.8. The summed E-state index contributed by atoms with van der Waals surface area (Å²) in [4.78, 5) is 26.8. The first kappa shape index (κ1) is 14.9. The first-order valence-electron chi connectivity index (χ1n) is 8.51. The van der Waals surface area contributed by atoms with E-state index in [-0.39, 0.29) is 5.91 Å². The SMILES string of the molecule is CCn1ccnc1C1CCCN(C(=O)c2nc3ccccc3[nH]2)C1. The number of fused-ring (bicyclic) bond motifs is 1. The molecule has 2 aromatic heterocycles. The van der Waals surface area contributed by atoms with Crippen LogP contribution in [-0.2, 0) is 6.54 Å². The Hall–Kier alpha value is -2.63. The number of aromatic nitrogens is 4. The van der Waals surface area contributed by atoms with Crippen LogP contribution in [0, 0.1) is 0 Å². The van der Waals surface area contributed by atoms with E-state index >= 15 is 0 Å². The molecule has 1 aliphatic rings. The van der Waals surface area contributed by atoms with Gasteiger partial charge in [-0.3, -0.25) is 4.79 Å². The number of hydrogen-bond donors (Lipinski definition) is 1. The third-order valence-electron chi connectivity index (χ3n) is 4.75. The smallest absolute Gasteiger partial charge is 0.289 e. The van der Waals surface area contributed by atoms with Gasteiger partial charge in [0.05, 0.1) is 11.0 Å². The average Bonchev–Trinajstić information content (AvgIpc) is 3.27. The Morgan fingerprint density at radius 1 is 1.38 bits per heavy atom. The van der Waals surface area contributed by atoms with Crippen molar-refractivity contribution in [2.24, 2.45) is 0 Å². The van der Waals surface area contributed by atoms with Gasteiger partial charge in [0.1, 0.15) is 5.82 Å². The average molecular weight is 323 g/mol. The fourth-order valence-electron chi connectivity index (χ4n) is 3.52. The van der Waals surface area contributed by atoms with Crippen LogP contribution in [0.2, 0.25) is 0 Å². The number of amides is 1. The van der Waals surface area contributed by atoms with Crippen molar-refractivity contribution in [2.75, 3.05) is 13.1 Å². The van der Waals surface area contributed by atoms with Crippen LogP contribution in [0.5, 0.6) is 0 Å². The molecule has 1 aromatic carbocycles. The molecule has 1 saturated heterocycles. The quantitative estimate of drug-likeness (QED) is 0.806. The maximum absolute atomic E-state index is 12.8. The standard InChI is InChI=1S/C18H21N5O/c1-2-22-11-9-19-17(22)13-6-5-10-23(12-13)18(24)16-20-14-7-3-4-8-15(14)21-16/h3-4,7-9,11,13H,2,5-6,10,12H2,1H3,(H,20,21). The van der Waals surface area contributed by atoms with Crippen molar-refractivity contribution < 1.29 is 4.79 Å². The predicted octanol–water partition coefficient (Wildman–Crippen LogP) is 2.80. The number of para-hydroxylation sites is 2. The van der Waals surface area contributed by atoms with E-state index in [0.29, 0.717) is 18.3 Å². The third-order valence-corrected chi connectivity index (χ3v) is 4.75. The second kappa shape index (κ2) is 6.11. The molecule has 0 radical (unpaired) electrons. The molecule has 1 atom stereocenters. The van der Waals surface area contributed by atoms with Crippen LogP contribution in [0.15, 0.2) is 36.7 Å². The summed E-state index contributed by atoms with van der Waals surface area (Å²) in [6.45, 7) is 4.50.